The van der Waals surface area contributed by atoms with Crippen LogP contribution < -0.4 is 5.32 Å². The molecule has 2 aromatic rings. The quantitative estimate of drug-likeness (QED) is 0.835. The van der Waals surface area contributed by atoms with E-state index in [-0.39, 0.29) is 17.3 Å². The number of hydrogen-bond acceptors (Lipinski definition) is 5. The Morgan fingerprint density at radius 2 is 1.95 bits per heavy atom. The Morgan fingerprint density at radius 3 is 2.48 bits per heavy atom. The van der Waals surface area contributed by atoms with E-state index >= 15 is 0 Å². The zero-order chi connectivity index (χ0) is 15.5. The number of rotatable bonds is 6. The maximum absolute atomic E-state index is 11.8. The summed E-state index contributed by atoms with van der Waals surface area (Å²) in [6.45, 7) is 2.25. The lowest BCUT2D eigenvalue weighted by Gasteiger charge is -2.08. The van der Waals surface area contributed by atoms with Gasteiger partial charge < -0.3 is 10.4 Å². The van der Waals surface area contributed by atoms with Crippen LogP contribution in [0.5, 0.6) is 0 Å². The van der Waals surface area contributed by atoms with Crippen LogP contribution in [0, 0.1) is 6.92 Å². The first-order valence-electron chi connectivity index (χ1n) is 6.59. The number of benzene rings is 1. The molecule has 0 aliphatic carbocycles. The van der Waals surface area contributed by atoms with E-state index in [4.69, 9.17) is 5.11 Å². The summed E-state index contributed by atoms with van der Waals surface area (Å²) in [7, 11) is -1.50. The molecule has 114 valence electrons. The molecule has 1 heterocycles. The van der Waals surface area contributed by atoms with Gasteiger partial charge in [0.05, 0.1) is 23.5 Å². The van der Waals surface area contributed by atoms with Gasteiger partial charge in [0.2, 0.25) is 0 Å². The maximum atomic E-state index is 11.8. The molecule has 0 unspecified atom stereocenters. The SMILES string of the molecule is Cc1c(CNc2ccc(S(=O)(=O)CCO)cc2)cnn1C. The Hall–Kier alpha value is -1.86. The van der Waals surface area contributed by atoms with Crippen LogP contribution in [0.1, 0.15) is 11.3 Å². The first-order chi connectivity index (χ1) is 9.94. The van der Waals surface area contributed by atoms with Crippen molar-refractivity contribution < 1.29 is 13.5 Å². The molecule has 0 saturated heterocycles. The van der Waals surface area contributed by atoms with Gasteiger partial charge in [0.15, 0.2) is 9.84 Å². The number of aliphatic hydroxyl groups excluding tert-OH is 1. The van der Waals surface area contributed by atoms with E-state index in [0.29, 0.717) is 6.54 Å². The molecule has 0 atom stereocenters. The molecule has 7 heteroatoms. The fourth-order valence-electron chi connectivity index (χ4n) is 1.93. The zero-order valence-corrected chi connectivity index (χ0v) is 12.9. The lowest BCUT2D eigenvalue weighted by molar-refractivity contribution is 0.319. The minimum Gasteiger partial charge on any atom is -0.395 e. The summed E-state index contributed by atoms with van der Waals surface area (Å²) in [5.41, 5.74) is 3.01. The van der Waals surface area contributed by atoms with Crippen LogP contribution in [0.3, 0.4) is 0 Å². The van der Waals surface area contributed by atoms with Crippen LogP contribution in [0.4, 0.5) is 5.69 Å². The minimum absolute atomic E-state index is 0.222. The molecular formula is C14H19N3O3S. The average Bonchev–Trinajstić information content (AvgIpc) is 2.77. The third-order valence-corrected chi connectivity index (χ3v) is 5.10. The van der Waals surface area contributed by atoms with Crippen LogP contribution in [0.15, 0.2) is 35.4 Å². The number of aromatic nitrogens is 2. The molecule has 0 saturated carbocycles. The Balaban J connectivity index is 2.05. The smallest absolute Gasteiger partial charge is 0.180 e. The second kappa shape index (κ2) is 6.28. The molecule has 1 aromatic carbocycles. The molecule has 0 bridgehead atoms. The molecule has 0 radical (unpaired) electrons. The molecule has 2 N–H and O–H groups in total. The summed E-state index contributed by atoms with van der Waals surface area (Å²) in [5.74, 6) is -0.255. The van der Waals surface area contributed by atoms with Crippen LogP contribution >= 0.6 is 0 Å². The normalized spacial score (nSPS) is 11.6. The number of anilines is 1. The van der Waals surface area contributed by atoms with Gasteiger partial charge in [0.25, 0.3) is 0 Å². The standard InChI is InChI=1S/C14H19N3O3S/c1-11-12(10-16-17(11)2)9-15-13-3-5-14(6-4-13)21(19,20)8-7-18/h3-6,10,15,18H,7-9H2,1-2H3. The van der Waals surface area contributed by atoms with Crippen molar-refractivity contribution in [1.82, 2.24) is 9.78 Å². The van der Waals surface area contributed by atoms with Gasteiger partial charge in [-0.2, -0.15) is 5.10 Å². The number of nitrogens with one attached hydrogen (secondary N) is 1. The second-order valence-corrected chi connectivity index (χ2v) is 6.91. The van der Waals surface area contributed by atoms with Gasteiger partial charge in [-0.25, -0.2) is 8.42 Å². The minimum atomic E-state index is -3.39. The van der Waals surface area contributed by atoms with Gasteiger partial charge in [-0.05, 0) is 31.2 Å². The van der Waals surface area contributed by atoms with Gasteiger partial charge in [-0.1, -0.05) is 0 Å². The van der Waals surface area contributed by atoms with Crippen molar-refractivity contribution in [2.24, 2.45) is 7.05 Å². The van der Waals surface area contributed by atoms with E-state index in [0.717, 1.165) is 16.9 Å². The Morgan fingerprint density at radius 1 is 1.29 bits per heavy atom. The highest BCUT2D eigenvalue weighted by atomic mass is 32.2. The summed E-state index contributed by atoms with van der Waals surface area (Å²) < 4.78 is 25.4. The van der Waals surface area contributed by atoms with Crippen molar-refractivity contribution in [3.05, 3.63) is 41.7 Å². The summed E-state index contributed by atoms with van der Waals surface area (Å²) >= 11 is 0. The Bertz CT molecular complexity index is 706. The van der Waals surface area contributed by atoms with E-state index in [1.807, 2.05) is 24.9 Å². The topological polar surface area (TPSA) is 84.2 Å². The molecule has 0 amide bonds. The van der Waals surface area contributed by atoms with Gasteiger partial charge in [0, 0.05) is 30.5 Å². The van der Waals surface area contributed by atoms with Crippen molar-refractivity contribution in [2.45, 2.75) is 18.4 Å². The van der Waals surface area contributed by atoms with Gasteiger partial charge in [-0.15, -0.1) is 0 Å². The fraction of sp³-hybridized carbons (Fsp3) is 0.357. The van der Waals surface area contributed by atoms with Gasteiger partial charge in [-0.3, -0.25) is 4.68 Å². The molecule has 0 aliphatic heterocycles. The lowest BCUT2D eigenvalue weighted by atomic mass is 10.2. The number of hydrogen-bond donors (Lipinski definition) is 2. The average molecular weight is 309 g/mol. The van der Waals surface area contributed by atoms with E-state index in [1.165, 1.54) is 0 Å². The Kier molecular flexibility index (Phi) is 4.64. The first kappa shape index (κ1) is 15.5. The molecule has 2 rings (SSSR count). The van der Waals surface area contributed by atoms with Crippen LogP contribution in [-0.4, -0.2) is 35.7 Å². The van der Waals surface area contributed by atoms with Crippen molar-refractivity contribution in [3.8, 4) is 0 Å². The number of sulfone groups is 1. The highest BCUT2D eigenvalue weighted by molar-refractivity contribution is 7.91. The van der Waals surface area contributed by atoms with E-state index in [1.54, 1.807) is 24.3 Å². The number of aliphatic hydroxyl groups is 1. The number of aryl methyl sites for hydroxylation is 1. The molecular weight excluding hydrogens is 290 g/mol. The molecule has 21 heavy (non-hydrogen) atoms. The number of nitrogens with zero attached hydrogens (tertiary/aromatic N) is 2. The largest absolute Gasteiger partial charge is 0.395 e. The van der Waals surface area contributed by atoms with Crippen molar-refractivity contribution >= 4 is 15.5 Å². The third-order valence-electron chi connectivity index (χ3n) is 3.39. The fourth-order valence-corrected chi connectivity index (χ4v) is 2.96. The summed E-state index contributed by atoms with van der Waals surface area (Å²) in [4.78, 5) is 0.222. The second-order valence-electron chi connectivity index (χ2n) is 4.80. The summed E-state index contributed by atoms with van der Waals surface area (Å²) in [5, 5.41) is 16.2. The molecule has 0 spiro atoms. The highest BCUT2D eigenvalue weighted by Crippen LogP contribution is 2.16. The van der Waals surface area contributed by atoms with Crippen molar-refractivity contribution in [3.63, 3.8) is 0 Å². The predicted octanol–water partition coefficient (Wildman–Crippen LogP) is 1.11. The van der Waals surface area contributed by atoms with Crippen LogP contribution in [0.2, 0.25) is 0 Å². The van der Waals surface area contributed by atoms with E-state index < -0.39 is 9.84 Å². The molecule has 1 aromatic heterocycles. The summed E-state index contributed by atoms with van der Waals surface area (Å²) in [6.07, 6.45) is 1.81. The highest BCUT2D eigenvalue weighted by Gasteiger charge is 2.13. The Labute approximate surface area is 124 Å². The van der Waals surface area contributed by atoms with E-state index in [2.05, 4.69) is 10.4 Å². The van der Waals surface area contributed by atoms with E-state index in [9.17, 15) is 8.42 Å². The predicted molar refractivity (Wildman–Crippen MR) is 80.9 cm³/mol. The molecule has 0 aliphatic rings. The lowest BCUT2D eigenvalue weighted by Crippen LogP contribution is -2.10. The van der Waals surface area contributed by atoms with Crippen LogP contribution in [0.25, 0.3) is 0 Å². The zero-order valence-electron chi connectivity index (χ0n) is 12.1. The van der Waals surface area contributed by atoms with Gasteiger partial charge in [0.1, 0.15) is 0 Å². The summed E-state index contributed by atoms with van der Waals surface area (Å²) in [6, 6.07) is 6.53. The van der Waals surface area contributed by atoms with Gasteiger partial charge >= 0.3 is 0 Å². The van der Waals surface area contributed by atoms with Crippen molar-refractivity contribution in [2.75, 3.05) is 17.7 Å². The molecule has 0 fully saturated rings. The monoisotopic (exact) mass is 309 g/mol. The van der Waals surface area contributed by atoms with Crippen molar-refractivity contribution in [1.29, 1.82) is 0 Å². The maximum Gasteiger partial charge on any atom is 0.180 e. The first-order valence-corrected chi connectivity index (χ1v) is 8.24. The molecule has 6 nitrogen and oxygen atoms in total. The third kappa shape index (κ3) is 3.62. The van der Waals surface area contributed by atoms with Crippen LogP contribution in [-0.2, 0) is 23.4 Å².